The predicted molar refractivity (Wildman–Crippen MR) is 146 cm³/mol. The van der Waals surface area contributed by atoms with Gasteiger partial charge < -0.3 is 20.2 Å². The summed E-state index contributed by atoms with van der Waals surface area (Å²) in [5.74, 6) is 1.79. The Labute approximate surface area is 215 Å². The lowest BCUT2D eigenvalue weighted by Gasteiger charge is -2.33. The first kappa shape index (κ1) is 24.7. The Morgan fingerprint density at radius 3 is 2.54 bits per heavy atom. The molecule has 3 aromatic heterocycles. The third-order valence-electron chi connectivity index (χ3n) is 6.57. The van der Waals surface area contributed by atoms with Gasteiger partial charge in [0.15, 0.2) is 11.5 Å². The quantitative estimate of drug-likeness (QED) is 0.374. The van der Waals surface area contributed by atoms with Gasteiger partial charge in [0, 0.05) is 38.1 Å². The normalized spacial score (nSPS) is 14.8. The molecular weight excluding hydrogens is 468 g/mol. The second-order valence-electron chi connectivity index (χ2n) is 9.83. The van der Waals surface area contributed by atoms with E-state index in [0.29, 0.717) is 29.3 Å². The molecule has 0 spiro atoms. The van der Waals surface area contributed by atoms with E-state index in [-0.39, 0.29) is 5.56 Å². The van der Waals surface area contributed by atoms with E-state index in [1.807, 2.05) is 42.5 Å². The van der Waals surface area contributed by atoms with Crippen molar-refractivity contribution in [2.75, 3.05) is 43.4 Å². The van der Waals surface area contributed by atoms with Gasteiger partial charge in [0.05, 0.1) is 12.1 Å². The summed E-state index contributed by atoms with van der Waals surface area (Å²) in [7, 11) is 2.12. The molecule has 1 aliphatic heterocycles. The van der Waals surface area contributed by atoms with E-state index in [4.69, 9.17) is 9.97 Å². The van der Waals surface area contributed by atoms with E-state index in [2.05, 4.69) is 33.7 Å². The van der Waals surface area contributed by atoms with Crippen LogP contribution in [0.5, 0.6) is 0 Å². The summed E-state index contributed by atoms with van der Waals surface area (Å²) in [6.45, 7) is 11.3. The number of nitrogens with zero attached hydrogens (tertiary/aromatic N) is 7. The number of fused-ring (bicyclic) bond motifs is 1. The fraction of sp³-hybridized carbons (Fsp3) is 0.333. The van der Waals surface area contributed by atoms with Crippen molar-refractivity contribution in [2.45, 2.75) is 26.0 Å². The maximum Gasteiger partial charge on any atom is 0.278 e. The van der Waals surface area contributed by atoms with Crippen LogP contribution in [0.1, 0.15) is 19.4 Å². The summed E-state index contributed by atoms with van der Waals surface area (Å²) < 4.78 is 3.31. The Morgan fingerprint density at radius 1 is 1.08 bits per heavy atom. The van der Waals surface area contributed by atoms with Crippen LogP contribution in [-0.2, 0) is 12.1 Å². The number of likely N-dealkylation sites (N-methyl/N-ethyl adjacent to an activating group) is 1. The lowest BCUT2D eigenvalue weighted by molar-refractivity contribution is 0.0786. The van der Waals surface area contributed by atoms with Crippen molar-refractivity contribution in [1.29, 1.82) is 0 Å². The van der Waals surface area contributed by atoms with Crippen molar-refractivity contribution in [3.63, 3.8) is 0 Å². The second-order valence-corrected chi connectivity index (χ2v) is 9.83. The van der Waals surface area contributed by atoms with Crippen molar-refractivity contribution in [1.82, 2.24) is 29.2 Å². The molecule has 0 amide bonds. The molecular formula is C27H32N8O2. The fourth-order valence-corrected chi connectivity index (χ4v) is 4.46. The van der Waals surface area contributed by atoms with E-state index < -0.39 is 5.60 Å². The van der Waals surface area contributed by atoms with Gasteiger partial charge in [-0.15, -0.1) is 6.58 Å². The van der Waals surface area contributed by atoms with Crippen LogP contribution < -0.4 is 15.8 Å². The number of nitrogens with one attached hydrogen (secondary N) is 1. The molecule has 1 fully saturated rings. The van der Waals surface area contributed by atoms with Gasteiger partial charge in [-0.25, -0.2) is 19.3 Å². The number of rotatable bonds is 7. The van der Waals surface area contributed by atoms with E-state index in [1.54, 1.807) is 29.3 Å². The standard InChI is InChI=1S/C27H32N8O2/c1-5-12-34-25(36)21-18-28-26(29-20-9-6-8-19(17-20)27(2,3)37)31-24(21)35(34)23-11-7-10-22(30-23)33-15-13-32(4)14-16-33/h5-11,17-18,37H,1,12-16H2,2-4H3,(H,28,29,31). The number of benzene rings is 1. The summed E-state index contributed by atoms with van der Waals surface area (Å²) in [5, 5.41) is 14.0. The first-order valence-corrected chi connectivity index (χ1v) is 12.3. The number of hydrogen-bond acceptors (Lipinski definition) is 8. The predicted octanol–water partition coefficient (Wildman–Crippen LogP) is 2.89. The van der Waals surface area contributed by atoms with Gasteiger partial charge in [-0.05, 0) is 50.7 Å². The zero-order chi connectivity index (χ0) is 26.2. The van der Waals surface area contributed by atoms with Crippen LogP contribution >= 0.6 is 0 Å². The van der Waals surface area contributed by atoms with Crippen LogP contribution in [0.4, 0.5) is 17.5 Å². The zero-order valence-corrected chi connectivity index (χ0v) is 21.4. The SMILES string of the molecule is C=CCn1c(=O)c2cnc(Nc3cccc(C(C)(C)O)c3)nc2n1-c1cccc(N2CCN(C)CC2)n1. The lowest BCUT2D eigenvalue weighted by atomic mass is 9.98. The number of anilines is 3. The molecule has 1 aromatic carbocycles. The average molecular weight is 501 g/mol. The van der Waals surface area contributed by atoms with Gasteiger partial charge in [0.1, 0.15) is 11.2 Å². The molecule has 5 rings (SSSR count). The summed E-state index contributed by atoms with van der Waals surface area (Å²) in [5.41, 5.74) is 0.750. The van der Waals surface area contributed by atoms with Gasteiger partial charge in [0.2, 0.25) is 5.95 Å². The number of piperazine rings is 1. The van der Waals surface area contributed by atoms with Crippen LogP contribution in [0, 0.1) is 0 Å². The van der Waals surface area contributed by atoms with Crippen LogP contribution in [0.25, 0.3) is 16.9 Å². The van der Waals surface area contributed by atoms with Crippen molar-refractivity contribution in [2.24, 2.45) is 0 Å². The van der Waals surface area contributed by atoms with Crippen LogP contribution in [0.15, 0.2) is 66.1 Å². The highest BCUT2D eigenvalue weighted by atomic mass is 16.3. The van der Waals surface area contributed by atoms with Crippen LogP contribution in [0.2, 0.25) is 0 Å². The molecule has 0 unspecified atom stereocenters. The molecule has 1 aliphatic rings. The third-order valence-corrected chi connectivity index (χ3v) is 6.57. The monoisotopic (exact) mass is 500 g/mol. The largest absolute Gasteiger partial charge is 0.386 e. The Morgan fingerprint density at radius 2 is 1.81 bits per heavy atom. The number of pyridine rings is 1. The Bertz CT molecular complexity index is 1490. The summed E-state index contributed by atoms with van der Waals surface area (Å²) >= 11 is 0. The van der Waals surface area contributed by atoms with Gasteiger partial charge in [-0.1, -0.05) is 24.3 Å². The van der Waals surface area contributed by atoms with Gasteiger partial charge in [-0.2, -0.15) is 4.98 Å². The highest BCUT2D eigenvalue weighted by Gasteiger charge is 2.21. The minimum absolute atomic E-state index is 0.211. The van der Waals surface area contributed by atoms with E-state index in [0.717, 1.165) is 43.2 Å². The topological polar surface area (TPSA) is 104 Å². The fourth-order valence-electron chi connectivity index (χ4n) is 4.46. The zero-order valence-electron chi connectivity index (χ0n) is 21.4. The van der Waals surface area contributed by atoms with Crippen LogP contribution in [-0.4, -0.2) is 67.5 Å². The Kier molecular flexibility index (Phi) is 6.53. The molecule has 0 saturated carbocycles. The number of aromatic nitrogens is 5. The van der Waals surface area contributed by atoms with E-state index in [9.17, 15) is 9.90 Å². The Balaban J connectivity index is 1.57. The maximum atomic E-state index is 13.3. The van der Waals surface area contributed by atoms with Gasteiger partial charge >= 0.3 is 0 Å². The smallest absolute Gasteiger partial charge is 0.278 e. The molecule has 10 nitrogen and oxygen atoms in total. The minimum atomic E-state index is -0.981. The Hall–Kier alpha value is -4.02. The summed E-state index contributed by atoms with van der Waals surface area (Å²) in [4.78, 5) is 31.9. The average Bonchev–Trinajstić information content (AvgIpc) is 3.15. The molecule has 4 aromatic rings. The highest BCUT2D eigenvalue weighted by molar-refractivity contribution is 5.77. The molecule has 0 atom stereocenters. The number of hydrogen-bond donors (Lipinski definition) is 2. The first-order valence-electron chi connectivity index (χ1n) is 12.3. The molecule has 0 bridgehead atoms. The minimum Gasteiger partial charge on any atom is -0.386 e. The third kappa shape index (κ3) is 4.98. The molecule has 0 radical (unpaired) electrons. The molecule has 2 N–H and O–H groups in total. The van der Waals surface area contributed by atoms with Crippen LogP contribution in [0.3, 0.4) is 0 Å². The van der Waals surface area contributed by atoms with Crippen molar-refractivity contribution in [3.8, 4) is 5.82 Å². The van der Waals surface area contributed by atoms with Crippen molar-refractivity contribution in [3.05, 3.63) is 77.2 Å². The summed E-state index contributed by atoms with van der Waals surface area (Å²) in [6, 6.07) is 13.3. The molecule has 192 valence electrons. The number of aliphatic hydroxyl groups is 1. The second kappa shape index (κ2) is 9.79. The maximum absolute atomic E-state index is 13.3. The van der Waals surface area contributed by atoms with Crippen molar-refractivity contribution < 1.29 is 5.11 Å². The lowest BCUT2D eigenvalue weighted by Crippen LogP contribution is -2.44. The highest BCUT2D eigenvalue weighted by Crippen LogP contribution is 2.25. The van der Waals surface area contributed by atoms with Gasteiger partial charge in [-0.3, -0.25) is 4.79 Å². The molecule has 0 aliphatic carbocycles. The van der Waals surface area contributed by atoms with Crippen molar-refractivity contribution >= 4 is 28.5 Å². The molecule has 37 heavy (non-hydrogen) atoms. The molecule has 1 saturated heterocycles. The number of allylic oxidation sites excluding steroid dienone is 1. The van der Waals surface area contributed by atoms with E-state index in [1.165, 1.54) is 6.20 Å². The van der Waals surface area contributed by atoms with Gasteiger partial charge in [0.25, 0.3) is 5.56 Å². The first-order chi connectivity index (χ1) is 17.7. The molecule has 4 heterocycles. The summed E-state index contributed by atoms with van der Waals surface area (Å²) in [6.07, 6.45) is 3.21. The molecule has 10 heteroatoms. The van der Waals surface area contributed by atoms with E-state index >= 15 is 0 Å².